The third kappa shape index (κ3) is 3.26. The van der Waals surface area contributed by atoms with Gasteiger partial charge in [-0.1, -0.05) is 36.9 Å². The van der Waals surface area contributed by atoms with E-state index in [0.717, 1.165) is 31.6 Å². The summed E-state index contributed by atoms with van der Waals surface area (Å²) < 4.78 is 1.13. The van der Waals surface area contributed by atoms with Crippen LogP contribution in [0.5, 0.6) is 0 Å². The highest BCUT2D eigenvalue weighted by atomic mass is 127. The van der Waals surface area contributed by atoms with Gasteiger partial charge in [0.05, 0.1) is 5.56 Å². The van der Waals surface area contributed by atoms with Crippen LogP contribution in [0.25, 0.3) is 16.8 Å². The van der Waals surface area contributed by atoms with E-state index in [9.17, 15) is 4.79 Å². The van der Waals surface area contributed by atoms with E-state index in [0.29, 0.717) is 11.3 Å². The van der Waals surface area contributed by atoms with Crippen molar-refractivity contribution in [2.45, 2.75) is 13.1 Å². The molecular formula is C23H20IN3O. The summed E-state index contributed by atoms with van der Waals surface area (Å²) in [5.74, 6) is -0.0185. The summed E-state index contributed by atoms with van der Waals surface area (Å²) in [5, 5.41) is 3.46. The van der Waals surface area contributed by atoms with Gasteiger partial charge in [-0.2, -0.15) is 0 Å². The van der Waals surface area contributed by atoms with Gasteiger partial charge in [-0.05, 0) is 82.6 Å². The molecule has 4 rings (SSSR count). The number of anilines is 2. The highest BCUT2D eigenvalue weighted by molar-refractivity contribution is 14.1. The van der Waals surface area contributed by atoms with Crippen LogP contribution in [-0.4, -0.2) is 12.1 Å². The molecule has 4 nitrogen and oxygen atoms in total. The number of halogens is 1. The molecule has 3 aromatic rings. The molecule has 0 fully saturated rings. The summed E-state index contributed by atoms with van der Waals surface area (Å²) in [6, 6.07) is 21.7. The standard InChI is InChI=1S/C23H20IN3O/c1-14(25)16-5-3-6-17(13-16)20-7-4-8-21-22(20)23(28)27(15(2)26-21)19-11-9-18(24)10-12-19/h3-13,15,26H,1,25H2,2H3. The molecule has 1 aliphatic heterocycles. The molecule has 0 bridgehead atoms. The lowest BCUT2D eigenvalue weighted by molar-refractivity contribution is 0.0978. The van der Waals surface area contributed by atoms with Crippen LogP contribution in [0.2, 0.25) is 0 Å². The van der Waals surface area contributed by atoms with Crippen molar-refractivity contribution < 1.29 is 4.79 Å². The van der Waals surface area contributed by atoms with Crippen LogP contribution in [0.3, 0.4) is 0 Å². The summed E-state index contributed by atoms with van der Waals surface area (Å²) in [6.07, 6.45) is -0.148. The first kappa shape index (κ1) is 18.6. The molecule has 0 saturated heterocycles. The summed E-state index contributed by atoms with van der Waals surface area (Å²) in [7, 11) is 0. The normalized spacial score (nSPS) is 15.7. The van der Waals surface area contributed by atoms with Gasteiger partial charge in [0.15, 0.2) is 0 Å². The molecule has 0 radical (unpaired) electrons. The number of nitrogens with zero attached hydrogens (tertiary/aromatic N) is 1. The number of amides is 1. The minimum absolute atomic E-state index is 0.0185. The Bertz CT molecular complexity index is 1080. The Balaban J connectivity index is 1.84. The molecule has 1 aliphatic rings. The summed E-state index contributed by atoms with van der Waals surface area (Å²) in [5.41, 5.74) is 11.4. The number of nitrogens with one attached hydrogen (secondary N) is 1. The van der Waals surface area contributed by atoms with Gasteiger partial charge in [0, 0.05) is 20.6 Å². The highest BCUT2D eigenvalue weighted by Crippen LogP contribution is 2.36. The Morgan fingerprint density at radius 2 is 1.82 bits per heavy atom. The largest absolute Gasteiger partial charge is 0.399 e. The number of fused-ring (bicyclic) bond motifs is 1. The Kier molecular flexibility index (Phi) is 4.85. The Hall–Kier alpha value is -2.80. The van der Waals surface area contributed by atoms with Crippen molar-refractivity contribution in [3.63, 3.8) is 0 Å². The summed E-state index contributed by atoms with van der Waals surface area (Å²) in [4.78, 5) is 15.4. The van der Waals surface area contributed by atoms with Gasteiger partial charge < -0.3 is 11.1 Å². The average molecular weight is 481 g/mol. The second-order valence-electron chi connectivity index (χ2n) is 6.81. The Labute approximate surface area is 178 Å². The molecule has 3 N–H and O–H groups in total. The molecule has 0 spiro atoms. The van der Waals surface area contributed by atoms with Gasteiger partial charge in [0.25, 0.3) is 5.91 Å². The minimum Gasteiger partial charge on any atom is -0.399 e. The SMILES string of the molecule is C=C(N)c1cccc(-c2cccc3c2C(=O)N(c2ccc(I)cc2)C(C)N3)c1. The zero-order chi connectivity index (χ0) is 19.8. The molecule has 140 valence electrons. The first-order chi connectivity index (χ1) is 13.5. The summed E-state index contributed by atoms with van der Waals surface area (Å²) in [6.45, 7) is 5.81. The number of nitrogens with two attached hydrogens (primary N) is 1. The topological polar surface area (TPSA) is 58.4 Å². The maximum Gasteiger partial charge on any atom is 0.262 e. The quantitative estimate of drug-likeness (QED) is 0.499. The average Bonchev–Trinajstić information content (AvgIpc) is 2.69. The fourth-order valence-corrected chi connectivity index (χ4v) is 3.92. The minimum atomic E-state index is -0.148. The number of hydrogen-bond acceptors (Lipinski definition) is 3. The van der Waals surface area contributed by atoms with Crippen molar-refractivity contribution in [3.05, 3.63) is 88.0 Å². The van der Waals surface area contributed by atoms with Crippen molar-refractivity contribution in [2.24, 2.45) is 5.73 Å². The van der Waals surface area contributed by atoms with E-state index >= 15 is 0 Å². The van der Waals surface area contributed by atoms with Gasteiger partial charge in [-0.25, -0.2) is 0 Å². The van der Waals surface area contributed by atoms with Crippen LogP contribution >= 0.6 is 22.6 Å². The van der Waals surface area contributed by atoms with Gasteiger partial charge in [0.2, 0.25) is 0 Å². The highest BCUT2D eigenvalue weighted by Gasteiger charge is 2.32. The van der Waals surface area contributed by atoms with Crippen LogP contribution in [0.1, 0.15) is 22.8 Å². The molecule has 1 unspecified atom stereocenters. The molecule has 5 heteroatoms. The van der Waals surface area contributed by atoms with Crippen LogP contribution in [-0.2, 0) is 0 Å². The lowest BCUT2D eigenvalue weighted by atomic mass is 9.94. The van der Waals surface area contributed by atoms with E-state index in [4.69, 9.17) is 5.73 Å². The van der Waals surface area contributed by atoms with Gasteiger partial charge >= 0.3 is 0 Å². The van der Waals surface area contributed by atoms with Gasteiger partial charge in [-0.15, -0.1) is 0 Å². The Morgan fingerprint density at radius 1 is 1.11 bits per heavy atom. The summed E-state index contributed by atoms with van der Waals surface area (Å²) >= 11 is 2.26. The number of hydrogen-bond donors (Lipinski definition) is 2. The lowest BCUT2D eigenvalue weighted by Crippen LogP contribution is -2.47. The molecular weight excluding hydrogens is 461 g/mol. The van der Waals surface area contributed by atoms with Crippen LogP contribution in [0.15, 0.2) is 73.3 Å². The van der Waals surface area contributed by atoms with Crippen LogP contribution in [0.4, 0.5) is 11.4 Å². The molecule has 3 aromatic carbocycles. The smallest absolute Gasteiger partial charge is 0.262 e. The molecule has 1 atom stereocenters. The second kappa shape index (κ2) is 7.31. The zero-order valence-corrected chi connectivity index (χ0v) is 17.6. The predicted octanol–water partition coefficient (Wildman–Crippen LogP) is 5.31. The molecule has 1 heterocycles. The van der Waals surface area contributed by atoms with E-state index < -0.39 is 0 Å². The van der Waals surface area contributed by atoms with Crippen LogP contribution < -0.4 is 16.0 Å². The van der Waals surface area contributed by atoms with Crippen molar-refractivity contribution in [3.8, 4) is 11.1 Å². The van der Waals surface area contributed by atoms with Gasteiger partial charge in [0.1, 0.15) is 6.17 Å². The number of carbonyl (C=O) groups excluding carboxylic acids is 1. The molecule has 0 aliphatic carbocycles. The predicted molar refractivity (Wildman–Crippen MR) is 124 cm³/mol. The molecule has 28 heavy (non-hydrogen) atoms. The van der Waals surface area contributed by atoms with E-state index in [1.807, 2.05) is 73.7 Å². The molecule has 1 amide bonds. The second-order valence-corrected chi connectivity index (χ2v) is 8.05. The fraction of sp³-hybridized carbons (Fsp3) is 0.0870. The first-order valence-corrected chi connectivity index (χ1v) is 10.1. The zero-order valence-electron chi connectivity index (χ0n) is 15.4. The third-order valence-electron chi connectivity index (χ3n) is 4.90. The molecule has 0 saturated carbocycles. The van der Waals surface area contributed by atoms with E-state index in [2.05, 4.69) is 34.5 Å². The van der Waals surface area contributed by atoms with Crippen molar-refractivity contribution in [1.29, 1.82) is 0 Å². The number of rotatable bonds is 3. The van der Waals surface area contributed by atoms with Crippen molar-refractivity contribution in [1.82, 2.24) is 0 Å². The van der Waals surface area contributed by atoms with E-state index in [1.165, 1.54) is 0 Å². The van der Waals surface area contributed by atoms with Crippen molar-refractivity contribution >= 4 is 45.6 Å². The first-order valence-electron chi connectivity index (χ1n) is 8.99. The van der Waals surface area contributed by atoms with Crippen molar-refractivity contribution in [2.75, 3.05) is 10.2 Å². The monoisotopic (exact) mass is 481 g/mol. The third-order valence-corrected chi connectivity index (χ3v) is 5.62. The molecule has 0 aromatic heterocycles. The Morgan fingerprint density at radius 3 is 2.54 bits per heavy atom. The number of carbonyl (C=O) groups is 1. The maximum absolute atomic E-state index is 13.6. The van der Waals surface area contributed by atoms with E-state index in [-0.39, 0.29) is 12.1 Å². The van der Waals surface area contributed by atoms with Gasteiger partial charge in [-0.3, -0.25) is 9.69 Å². The van der Waals surface area contributed by atoms with E-state index in [1.54, 1.807) is 4.90 Å². The lowest BCUT2D eigenvalue weighted by Gasteiger charge is -2.36. The fourth-order valence-electron chi connectivity index (χ4n) is 3.56. The number of benzene rings is 3. The maximum atomic E-state index is 13.6. The van der Waals surface area contributed by atoms with Crippen LogP contribution in [0, 0.1) is 3.57 Å².